The van der Waals surface area contributed by atoms with Crippen molar-refractivity contribution >= 4 is 63.8 Å². The van der Waals surface area contributed by atoms with Gasteiger partial charge in [-0.1, -0.05) is 35.6 Å². The first-order valence-corrected chi connectivity index (χ1v) is 10.2. The Labute approximate surface area is 192 Å². The van der Waals surface area contributed by atoms with Crippen LogP contribution < -0.4 is 0 Å². The number of carbonyl (C=O) groups is 3. The molecule has 0 spiro atoms. The molecule has 7 nitrogen and oxygen atoms in total. The predicted molar refractivity (Wildman–Crippen MR) is 113 cm³/mol. The molecule has 1 aliphatic rings. The third kappa shape index (κ3) is 4.97. The number of alkyl halides is 3. The zero-order valence-corrected chi connectivity index (χ0v) is 17.9. The Bertz CT molecular complexity index is 1160. The number of aliphatic carboxylic acids is 2. The van der Waals surface area contributed by atoms with Crippen LogP contribution in [-0.4, -0.2) is 43.3 Å². The third-order valence-electron chi connectivity index (χ3n) is 4.24. The number of halogens is 4. The molecule has 3 rings (SSSR count). The topological polar surface area (TPSA) is 108 Å². The number of carbonyl (C=O) groups excluding carboxylic acids is 1. The number of carboxylic acid groups (broad SMARTS) is 2. The van der Waals surface area contributed by atoms with Crippen molar-refractivity contribution in [3.05, 3.63) is 51.6 Å². The SMILES string of the molecule is O=C(O)CC(C(=O)O)N1C(=O)/C(=C\c2ccc(-c3ccc(Cl)c(C(F)(F)F)c3)o2)SC1=S. The lowest BCUT2D eigenvalue weighted by molar-refractivity contribution is -0.150. The summed E-state index contributed by atoms with van der Waals surface area (Å²) in [4.78, 5) is 35.6. The summed E-state index contributed by atoms with van der Waals surface area (Å²) < 4.78 is 44.6. The van der Waals surface area contributed by atoms with E-state index in [1.165, 1.54) is 24.3 Å². The highest BCUT2D eigenvalue weighted by atomic mass is 35.5. The van der Waals surface area contributed by atoms with Crippen molar-refractivity contribution < 1.29 is 42.2 Å². The Morgan fingerprint density at radius 1 is 1.25 bits per heavy atom. The molecule has 0 aliphatic carbocycles. The molecule has 2 N–H and O–H groups in total. The molecule has 1 aromatic carbocycles. The monoisotopic (exact) mass is 505 g/mol. The molecule has 1 unspecified atom stereocenters. The maximum Gasteiger partial charge on any atom is 0.417 e. The Hall–Kier alpha value is -2.83. The molecular formula is C19H11ClF3NO6S2. The molecule has 0 radical (unpaired) electrons. The average molecular weight is 506 g/mol. The molecule has 1 aromatic heterocycles. The zero-order chi connectivity index (χ0) is 23.8. The number of amides is 1. The summed E-state index contributed by atoms with van der Waals surface area (Å²) in [6.45, 7) is 0. The van der Waals surface area contributed by atoms with Gasteiger partial charge in [0.1, 0.15) is 21.9 Å². The van der Waals surface area contributed by atoms with Gasteiger partial charge in [0.25, 0.3) is 5.91 Å². The quantitative estimate of drug-likeness (QED) is 0.428. The van der Waals surface area contributed by atoms with Gasteiger partial charge in [0.15, 0.2) is 0 Å². The van der Waals surface area contributed by atoms with Crippen LogP contribution in [0.3, 0.4) is 0 Å². The van der Waals surface area contributed by atoms with Crippen LogP contribution in [0.15, 0.2) is 39.7 Å². The van der Waals surface area contributed by atoms with Crippen LogP contribution in [0.1, 0.15) is 17.7 Å². The number of carboxylic acids is 2. The Kier molecular flexibility index (Phi) is 6.67. The summed E-state index contributed by atoms with van der Waals surface area (Å²) >= 11 is 11.4. The minimum absolute atomic E-state index is 0.0281. The predicted octanol–water partition coefficient (Wildman–Crippen LogP) is 4.75. The van der Waals surface area contributed by atoms with Gasteiger partial charge in [-0.15, -0.1) is 0 Å². The Morgan fingerprint density at radius 2 is 1.94 bits per heavy atom. The third-order valence-corrected chi connectivity index (χ3v) is 5.90. The molecule has 0 bridgehead atoms. The van der Waals surface area contributed by atoms with Crippen molar-refractivity contribution in [1.29, 1.82) is 0 Å². The van der Waals surface area contributed by atoms with Crippen molar-refractivity contribution in [2.75, 3.05) is 0 Å². The first-order chi connectivity index (χ1) is 14.9. The van der Waals surface area contributed by atoms with Gasteiger partial charge in [-0.25, -0.2) is 4.79 Å². The number of nitrogens with zero attached hydrogens (tertiary/aromatic N) is 1. The van der Waals surface area contributed by atoms with Crippen LogP contribution >= 0.6 is 35.6 Å². The molecule has 1 fully saturated rings. The van der Waals surface area contributed by atoms with Crippen LogP contribution in [0, 0.1) is 0 Å². The van der Waals surface area contributed by atoms with Crippen molar-refractivity contribution in [1.82, 2.24) is 4.90 Å². The second kappa shape index (κ2) is 8.96. The van der Waals surface area contributed by atoms with E-state index in [-0.39, 0.29) is 26.3 Å². The van der Waals surface area contributed by atoms with E-state index in [0.29, 0.717) is 4.90 Å². The van der Waals surface area contributed by atoms with Gasteiger partial charge >= 0.3 is 18.1 Å². The summed E-state index contributed by atoms with van der Waals surface area (Å²) in [5.41, 5.74) is -0.935. The van der Waals surface area contributed by atoms with Crippen LogP contribution in [0.5, 0.6) is 0 Å². The molecule has 2 aromatic rings. The zero-order valence-electron chi connectivity index (χ0n) is 15.6. The van der Waals surface area contributed by atoms with Crippen LogP contribution in [-0.2, 0) is 20.6 Å². The molecule has 2 heterocycles. The largest absolute Gasteiger partial charge is 0.481 e. The number of thioether (sulfide) groups is 1. The number of hydrogen-bond acceptors (Lipinski definition) is 6. The fraction of sp³-hybridized carbons (Fsp3) is 0.158. The van der Waals surface area contributed by atoms with E-state index in [9.17, 15) is 32.7 Å². The fourth-order valence-corrected chi connectivity index (χ4v) is 4.38. The molecule has 1 saturated heterocycles. The van der Waals surface area contributed by atoms with E-state index >= 15 is 0 Å². The second-order valence-corrected chi connectivity index (χ2v) is 8.48. The van der Waals surface area contributed by atoms with E-state index in [4.69, 9.17) is 33.3 Å². The van der Waals surface area contributed by atoms with Gasteiger partial charge in [0.2, 0.25) is 0 Å². The highest BCUT2D eigenvalue weighted by Gasteiger charge is 2.41. The molecule has 1 aliphatic heterocycles. The van der Waals surface area contributed by atoms with Crippen LogP contribution in [0.2, 0.25) is 5.02 Å². The van der Waals surface area contributed by atoms with Crippen molar-refractivity contribution in [3.8, 4) is 11.3 Å². The normalized spacial score (nSPS) is 16.6. The summed E-state index contributed by atoms with van der Waals surface area (Å²) in [7, 11) is 0. The second-order valence-electron chi connectivity index (χ2n) is 6.40. The maximum atomic E-state index is 13.1. The summed E-state index contributed by atoms with van der Waals surface area (Å²) in [5, 5.41) is 17.7. The fourth-order valence-electron chi connectivity index (χ4n) is 2.81. The standard InChI is InChI=1S/C19H11ClF3NO6S2/c20-11-3-1-8(5-10(11)19(21,22)23)13-4-2-9(30-13)6-14-16(27)24(18(31)32-14)12(17(28)29)7-15(25)26/h1-6,12H,7H2,(H,25,26)(H,28,29)/b14-6+. The maximum absolute atomic E-state index is 13.1. The highest BCUT2D eigenvalue weighted by Crippen LogP contribution is 2.38. The molecule has 32 heavy (non-hydrogen) atoms. The van der Waals surface area contributed by atoms with Crippen molar-refractivity contribution in [2.45, 2.75) is 18.6 Å². The minimum Gasteiger partial charge on any atom is -0.481 e. The first kappa shape index (κ1) is 23.8. The van der Waals surface area contributed by atoms with Crippen molar-refractivity contribution in [3.63, 3.8) is 0 Å². The molecule has 1 amide bonds. The van der Waals surface area contributed by atoms with Crippen molar-refractivity contribution in [2.24, 2.45) is 0 Å². The molecule has 1 atom stereocenters. The van der Waals surface area contributed by atoms with Gasteiger partial charge in [-0.3, -0.25) is 14.5 Å². The highest BCUT2D eigenvalue weighted by molar-refractivity contribution is 8.26. The minimum atomic E-state index is -4.66. The Morgan fingerprint density at radius 3 is 2.53 bits per heavy atom. The van der Waals surface area contributed by atoms with E-state index < -0.39 is 47.1 Å². The van der Waals surface area contributed by atoms with Crippen LogP contribution in [0.25, 0.3) is 17.4 Å². The summed E-state index contributed by atoms with van der Waals surface area (Å²) in [6.07, 6.45) is -4.27. The first-order valence-electron chi connectivity index (χ1n) is 8.57. The van der Waals surface area contributed by atoms with Crippen LogP contribution in [0.4, 0.5) is 13.2 Å². The van der Waals surface area contributed by atoms with Gasteiger partial charge in [0.05, 0.1) is 21.9 Å². The lowest BCUT2D eigenvalue weighted by Crippen LogP contribution is -2.45. The molecule has 168 valence electrons. The average Bonchev–Trinajstić information content (AvgIpc) is 3.24. The van der Waals surface area contributed by atoms with E-state index in [2.05, 4.69) is 0 Å². The van der Waals surface area contributed by atoms with E-state index in [1.54, 1.807) is 0 Å². The molecule has 0 saturated carbocycles. The number of hydrogen-bond donors (Lipinski definition) is 2. The lowest BCUT2D eigenvalue weighted by atomic mass is 10.1. The number of furan rings is 1. The molecular weight excluding hydrogens is 495 g/mol. The number of benzene rings is 1. The summed E-state index contributed by atoms with van der Waals surface area (Å²) in [5.74, 6) is -3.62. The van der Waals surface area contributed by atoms with Gasteiger partial charge in [0, 0.05) is 11.6 Å². The van der Waals surface area contributed by atoms with Gasteiger partial charge < -0.3 is 14.6 Å². The number of rotatable bonds is 6. The van der Waals surface area contributed by atoms with Gasteiger partial charge in [-0.05, 0) is 30.3 Å². The number of thiocarbonyl (C=S) groups is 1. The smallest absolute Gasteiger partial charge is 0.417 e. The summed E-state index contributed by atoms with van der Waals surface area (Å²) in [6, 6.07) is 4.35. The van der Waals surface area contributed by atoms with E-state index in [1.807, 2.05) is 0 Å². The van der Waals surface area contributed by atoms with Gasteiger partial charge in [-0.2, -0.15) is 13.2 Å². The lowest BCUT2D eigenvalue weighted by Gasteiger charge is -2.21. The Balaban J connectivity index is 1.89. The van der Waals surface area contributed by atoms with E-state index in [0.717, 1.165) is 23.9 Å². The molecule has 13 heteroatoms.